The number of pyridine rings is 1. The fourth-order valence-electron chi connectivity index (χ4n) is 1.56. The molecular formula is C11H14N4O2S. The van der Waals surface area contributed by atoms with Gasteiger partial charge >= 0.3 is 0 Å². The molecule has 0 fully saturated rings. The average molecular weight is 266 g/mol. The summed E-state index contributed by atoms with van der Waals surface area (Å²) < 4.78 is 23.1. The van der Waals surface area contributed by atoms with Gasteiger partial charge in [-0.1, -0.05) is 0 Å². The van der Waals surface area contributed by atoms with Gasteiger partial charge in [-0.2, -0.15) is 0 Å². The van der Waals surface area contributed by atoms with Gasteiger partial charge in [-0.05, 0) is 12.1 Å². The maximum Gasteiger partial charge on any atom is 0.179 e. The Morgan fingerprint density at radius 2 is 2.17 bits per heavy atom. The predicted molar refractivity (Wildman–Crippen MR) is 68.1 cm³/mol. The van der Waals surface area contributed by atoms with Crippen molar-refractivity contribution in [1.82, 2.24) is 15.0 Å². The van der Waals surface area contributed by atoms with Crippen molar-refractivity contribution in [2.24, 2.45) is 0 Å². The Morgan fingerprint density at radius 3 is 2.83 bits per heavy atom. The molecule has 0 aliphatic carbocycles. The fourth-order valence-corrected chi connectivity index (χ4v) is 2.36. The number of rotatable bonds is 5. The number of nitrogens with zero attached hydrogens (tertiary/aromatic N) is 2. The summed E-state index contributed by atoms with van der Waals surface area (Å²) >= 11 is 0. The summed E-state index contributed by atoms with van der Waals surface area (Å²) in [5.74, 6) is 1.23. The van der Waals surface area contributed by atoms with Crippen molar-refractivity contribution < 1.29 is 8.42 Å². The predicted octanol–water partition coefficient (Wildman–Crippen LogP) is 0.863. The van der Waals surface area contributed by atoms with Gasteiger partial charge in [-0.3, -0.25) is 0 Å². The second-order valence-electron chi connectivity index (χ2n) is 3.83. The number of aromatic nitrogens is 3. The van der Waals surface area contributed by atoms with Crippen molar-refractivity contribution in [3.63, 3.8) is 0 Å². The molecule has 0 atom stereocenters. The third-order valence-corrected chi connectivity index (χ3v) is 3.51. The van der Waals surface area contributed by atoms with Gasteiger partial charge in [-0.15, -0.1) is 0 Å². The van der Waals surface area contributed by atoms with Crippen LogP contribution in [0.15, 0.2) is 35.6 Å². The largest absolute Gasteiger partial charge is 0.369 e. The van der Waals surface area contributed by atoms with E-state index in [-0.39, 0.29) is 4.90 Å². The van der Waals surface area contributed by atoms with Crippen LogP contribution in [0.3, 0.4) is 0 Å². The molecule has 0 bridgehead atoms. The van der Waals surface area contributed by atoms with Crippen molar-refractivity contribution >= 4 is 15.7 Å². The summed E-state index contributed by atoms with van der Waals surface area (Å²) in [6, 6.07) is 3.14. The van der Waals surface area contributed by atoms with Crippen LogP contribution >= 0.6 is 0 Å². The quantitative estimate of drug-likeness (QED) is 0.838. The SMILES string of the molecule is CS(=O)(=O)c1cccnc1NCCc1ncc[nH]1. The number of imidazole rings is 1. The number of hydrogen-bond acceptors (Lipinski definition) is 5. The smallest absolute Gasteiger partial charge is 0.179 e. The molecule has 2 aromatic heterocycles. The van der Waals surface area contributed by atoms with E-state index < -0.39 is 9.84 Å². The Bertz CT molecular complexity index is 608. The van der Waals surface area contributed by atoms with Gasteiger partial charge in [0.05, 0.1) is 0 Å². The van der Waals surface area contributed by atoms with Gasteiger partial charge in [0.2, 0.25) is 0 Å². The zero-order chi connectivity index (χ0) is 13.0. The zero-order valence-corrected chi connectivity index (χ0v) is 10.7. The number of hydrogen-bond donors (Lipinski definition) is 2. The molecule has 0 aliphatic heterocycles. The fraction of sp³-hybridized carbons (Fsp3) is 0.273. The van der Waals surface area contributed by atoms with Crippen LogP contribution in [0.2, 0.25) is 0 Å². The number of sulfone groups is 1. The van der Waals surface area contributed by atoms with Crippen LogP contribution < -0.4 is 5.32 Å². The summed E-state index contributed by atoms with van der Waals surface area (Å²) in [7, 11) is -3.27. The molecule has 96 valence electrons. The molecule has 0 saturated heterocycles. The lowest BCUT2D eigenvalue weighted by atomic mass is 10.4. The van der Waals surface area contributed by atoms with Gasteiger partial charge in [-0.25, -0.2) is 18.4 Å². The van der Waals surface area contributed by atoms with Gasteiger partial charge < -0.3 is 10.3 Å². The molecular weight excluding hydrogens is 252 g/mol. The molecule has 0 aliphatic rings. The monoisotopic (exact) mass is 266 g/mol. The lowest BCUT2D eigenvalue weighted by Crippen LogP contribution is -2.11. The molecule has 18 heavy (non-hydrogen) atoms. The lowest BCUT2D eigenvalue weighted by molar-refractivity contribution is 0.602. The van der Waals surface area contributed by atoms with E-state index in [1.165, 1.54) is 12.3 Å². The first-order chi connectivity index (χ1) is 8.57. The first-order valence-electron chi connectivity index (χ1n) is 5.44. The highest BCUT2D eigenvalue weighted by Crippen LogP contribution is 2.17. The number of H-pyrrole nitrogens is 1. The zero-order valence-electron chi connectivity index (χ0n) is 9.92. The molecule has 2 N–H and O–H groups in total. The van der Waals surface area contributed by atoms with Crippen molar-refractivity contribution in [3.05, 3.63) is 36.5 Å². The minimum absolute atomic E-state index is 0.212. The molecule has 6 nitrogen and oxygen atoms in total. The van der Waals surface area contributed by atoms with Crippen molar-refractivity contribution in [1.29, 1.82) is 0 Å². The van der Waals surface area contributed by atoms with Gasteiger partial charge in [0, 0.05) is 37.8 Å². The molecule has 0 saturated carbocycles. The van der Waals surface area contributed by atoms with E-state index in [1.54, 1.807) is 24.7 Å². The summed E-state index contributed by atoms with van der Waals surface area (Å²) in [6.07, 6.45) is 6.83. The van der Waals surface area contributed by atoms with E-state index in [0.29, 0.717) is 18.8 Å². The second kappa shape index (κ2) is 5.18. The van der Waals surface area contributed by atoms with Crippen molar-refractivity contribution in [3.8, 4) is 0 Å². The third kappa shape index (κ3) is 3.07. The second-order valence-corrected chi connectivity index (χ2v) is 5.82. The Labute approximate surface area is 105 Å². The topological polar surface area (TPSA) is 87.7 Å². The number of aromatic amines is 1. The van der Waals surface area contributed by atoms with Crippen LogP contribution in [0.25, 0.3) is 0 Å². The van der Waals surface area contributed by atoms with Crippen molar-refractivity contribution in [2.75, 3.05) is 18.1 Å². The molecule has 0 radical (unpaired) electrons. The van der Waals surface area contributed by atoms with Crippen LogP contribution in [0.1, 0.15) is 5.82 Å². The van der Waals surface area contributed by atoms with Crippen LogP contribution in [-0.4, -0.2) is 36.2 Å². The third-order valence-electron chi connectivity index (χ3n) is 2.38. The van der Waals surface area contributed by atoms with E-state index in [4.69, 9.17) is 0 Å². The average Bonchev–Trinajstić information content (AvgIpc) is 2.81. The van der Waals surface area contributed by atoms with Crippen molar-refractivity contribution in [2.45, 2.75) is 11.3 Å². The summed E-state index contributed by atoms with van der Waals surface area (Å²) in [5, 5.41) is 3.01. The molecule has 0 unspecified atom stereocenters. The molecule has 0 spiro atoms. The summed E-state index contributed by atoms with van der Waals surface area (Å²) in [4.78, 5) is 11.3. The Kier molecular flexibility index (Phi) is 3.61. The maximum atomic E-state index is 11.5. The Morgan fingerprint density at radius 1 is 1.33 bits per heavy atom. The molecule has 0 aromatic carbocycles. The number of nitrogens with one attached hydrogen (secondary N) is 2. The molecule has 2 rings (SSSR count). The van der Waals surface area contributed by atoms with E-state index in [2.05, 4.69) is 20.3 Å². The van der Waals surface area contributed by atoms with Crippen LogP contribution in [0.4, 0.5) is 5.82 Å². The lowest BCUT2D eigenvalue weighted by Gasteiger charge is -2.08. The standard InChI is InChI=1S/C11H14N4O2S/c1-18(16,17)9-3-2-5-14-11(9)15-6-4-10-12-7-8-13-10/h2-3,5,7-8H,4,6H2,1H3,(H,12,13)(H,14,15). The van der Waals surface area contributed by atoms with Crippen LogP contribution in [0, 0.1) is 0 Å². The highest BCUT2D eigenvalue weighted by atomic mass is 32.2. The van der Waals surface area contributed by atoms with E-state index in [9.17, 15) is 8.42 Å². The van der Waals surface area contributed by atoms with E-state index in [1.807, 2.05) is 0 Å². The number of anilines is 1. The highest BCUT2D eigenvalue weighted by molar-refractivity contribution is 7.90. The maximum absolute atomic E-state index is 11.5. The minimum Gasteiger partial charge on any atom is -0.369 e. The molecule has 0 amide bonds. The van der Waals surface area contributed by atoms with Gasteiger partial charge in [0.25, 0.3) is 0 Å². The highest BCUT2D eigenvalue weighted by Gasteiger charge is 2.13. The van der Waals surface area contributed by atoms with Gasteiger partial charge in [0.1, 0.15) is 16.5 Å². The Hall–Kier alpha value is -1.89. The summed E-state index contributed by atoms with van der Waals surface area (Å²) in [5.41, 5.74) is 0. The van der Waals surface area contributed by atoms with Gasteiger partial charge in [0.15, 0.2) is 9.84 Å². The first kappa shape index (κ1) is 12.6. The van der Waals surface area contributed by atoms with E-state index >= 15 is 0 Å². The molecule has 2 heterocycles. The normalized spacial score (nSPS) is 11.4. The molecule has 2 aromatic rings. The Balaban J connectivity index is 2.06. The first-order valence-corrected chi connectivity index (χ1v) is 7.34. The van der Waals surface area contributed by atoms with Crippen LogP contribution in [-0.2, 0) is 16.3 Å². The minimum atomic E-state index is -3.27. The summed E-state index contributed by atoms with van der Waals surface area (Å²) in [6.45, 7) is 0.563. The van der Waals surface area contributed by atoms with Crippen LogP contribution in [0.5, 0.6) is 0 Å². The van der Waals surface area contributed by atoms with E-state index in [0.717, 1.165) is 5.82 Å². The molecule has 7 heteroatoms.